The van der Waals surface area contributed by atoms with E-state index in [2.05, 4.69) is 30.5 Å². The fourth-order valence-corrected chi connectivity index (χ4v) is 7.79. The molecule has 0 aromatic heterocycles. The average Bonchev–Trinajstić information content (AvgIpc) is 3.64. The van der Waals surface area contributed by atoms with Crippen LogP contribution in [0.3, 0.4) is 0 Å². The Balaban J connectivity index is 1.30. The zero-order valence-electron chi connectivity index (χ0n) is 23.4. The number of nitrogens with one attached hydrogen (secondary N) is 2. The Morgan fingerprint density at radius 3 is 2.54 bits per heavy atom. The summed E-state index contributed by atoms with van der Waals surface area (Å²) in [5.41, 5.74) is 1.65. The Hall–Kier alpha value is -2.71. The summed E-state index contributed by atoms with van der Waals surface area (Å²) in [6, 6.07) is 5.13. The van der Waals surface area contributed by atoms with Crippen LogP contribution in [0.5, 0.6) is 0 Å². The number of anilines is 1. The molecule has 39 heavy (non-hydrogen) atoms. The Bertz CT molecular complexity index is 1170. The second kappa shape index (κ2) is 10.0. The van der Waals surface area contributed by atoms with Crippen molar-refractivity contribution in [3.63, 3.8) is 0 Å². The third kappa shape index (κ3) is 4.49. The maximum Gasteiger partial charge on any atom is 0.246 e. The molecule has 210 valence electrons. The van der Waals surface area contributed by atoms with E-state index < -0.39 is 29.6 Å². The highest BCUT2D eigenvalue weighted by Crippen LogP contribution is 2.55. The van der Waals surface area contributed by atoms with Gasteiger partial charge < -0.3 is 25.0 Å². The van der Waals surface area contributed by atoms with Gasteiger partial charge in [0.05, 0.1) is 24.0 Å². The molecule has 2 bridgehead atoms. The largest absolute Gasteiger partial charge is 0.376 e. The second-order valence-electron chi connectivity index (χ2n) is 12.6. The van der Waals surface area contributed by atoms with Crippen molar-refractivity contribution in [1.29, 1.82) is 0 Å². The predicted molar refractivity (Wildman–Crippen MR) is 147 cm³/mol. The highest BCUT2D eigenvalue weighted by molar-refractivity contribution is 6.02. The first-order chi connectivity index (χ1) is 18.7. The lowest BCUT2D eigenvalue weighted by Crippen LogP contribution is -2.58. The number of hydrogen-bond acceptors (Lipinski definition) is 5. The van der Waals surface area contributed by atoms with Gasteiger partial charge in [-0.15, -0.1) is 0 Å². The van der Waals surface area contributed by atoms with Gasteiger partial charge in [-0.3, -0.25) is 14.4 Å². The Labute approximate surface area is 230 Å². The molecule has 1 saturated carbocycles. The van der Waals surface area contributed by atoms with Crippen molar-refractivity contribution in [1.82, 2.24) is 10.2 Å². The number of carbonyl (C=O) groups is 3. The fourth-order valence-electron chi connectivity index (χ4n) is 7.79. The van der Waals surface area contributed by atoms with E-state index in [1.807, 2.05) is 38.1 Å². The number of carbonyl (C=O) groups excluding carboxylic acids is 3. The van der Waals surface area contributed by atoms with Crippen molar-refractivity contribution in [3.8, 4) is 0 Å². The van der Waals surface area contributed by atoms with Gasteiger partial charge in [-0.2, -0.15) is 0 Å². The van der Waals surface area contributed by atoms with Crippen molar-refractivity contribution in [2.45, 2.75) is 89.7 Å². The molecule has 6 rings (SSSR count). The Morgan fingerprint density at radius 1 is 1.05 bits per heavy atom. The number of benzene rings is 1. The summed E-state index contributed by atoms with van der Waals surface area (Å²) in [5.74, 6) is -1.20. The lowest BCUT2D eigenvalue weighted by molar-refractivity contribution is -0.143. The second-order valence-corrected chi connectivity index (χ2v) is 12.6. The minimum absolute atomic E-state index is 0.0580. The first-order valence-electron chi connectivity index (χ1n) is 14.7. The summed E-state index contributed by atoms with van der Waals surface area (Å²) in [6.07, 6.45) is 8.06. The molecule has 4 aliphatic heterocycles. The van der Waals surface area contributed by atoms with E-state index in [0.29, 0.717) is 30.7 Å². The van der Waals surface area contributed by atoms with Crippen LogP contribution in [0.1, 0.15) is 57.1 Å². The van der Waals surface area contributed by atoms with Crippen LogP contribution < -0.4 is 10.6 Å². The van der Waals surface area contributed by atoms with Gasteiger partial charge in [0.25, 0.3) is 0 Å². The molecule has 0 unspecified atom stereocenters. The van der Waals surface area contributed by atoms with E-state index in [-0.39, 0.29) is 29.9 Å². The number of likely N-dealkylation sites (tertiary alicyclic amines) is 1. The molecule has 4 heterocycles. The summed E-state index contributed by atoms with van der Waals surface area (Å²) in [7, 11) is 0. The lowest BCUT2D eigenvalue weighted by Gasteiger charge is -2.38. The summed E-state index contributed by atoms with van der Waals surface area (Å²) in [4.78, 5) is 43.6. The van der Waals surface area contributed by atoms with Gasteiger partial charge in [0.2, 0.25) is 17.7 Å². The normalized spacial score (nSPS) is 38.8. The smallest absolute Gasteiger partial charge is 0.246 e. The minimum Gasteiger partial charge on any atom is -0.376 e. The number of amides is 3. The standard InChI is InChI=1S/C31H41N3O5/c1-17-13-18(2)15-21(14-17)32-28(35)25-24-10-11-31(39-24)26(25)30(37)34(16-22-8-6-12-38-22)27(31)29(36)33-23-9-5-7-19(3)20(23)4/h10-11,13-15,19-20,22-27H,5-9,12,16H2,1-4H3,(H,32,35)(H,33,36)/t19-,20-,22+,23-,24-,25+,26-,27-,31-/m1/s1. The Kier molecular flexibility index (Phi) is 6.82. The van der Waals surface area contributed by atoms with Gasteiger partial charge in [-0.25, -0.2) is 0 Å². The van der Waals surface area contributed by atoms with Crippen molar-refractivity contribution in [2.24, 2.45) is 23.7 Å². The first-order valence-corrected chi connectivity index (χ1v) is 14.7. The van der Waals surface area contributed by atoms with Gasteiger partial charge >= 0.3 is 0 Å². The van der Waals surface area contributed by atoms with Crippen molar-refractivity contribution in [3.05, 3.63) is 41.5 Å². The molecule has 1 spiro atoms. The third-order valence-corrected chi connectivity index (χ3v) is 9.87. The van der Waals surface area contributed by atoms with Crippen molar-refractivity contribution < 1.29 is 23.9 Å². The summed E-state index contributed by atoms with van der Waals surface area (Å²) < 4.78 is 12.4. The van der Waals surface area contributed by atoms with E-state index >= 15 is 0 Å². The maximum atomic E-state index is 14.2. The minimum atomic E-state index is -1.15. The van der Waals surface area contributed by atoms with Gasteiger partial charge in [-0.1, -0.05) is 44.9 Å². The predicted octanol–water partition coefficient (Wildman–Crippen LogP) is 3.51. The zero-order chi connectivity index (χ0) is 27.5. The van der Waals surface area contributed by atoms with Gasteiger partial charge in [0.1, 0.15) is 11.6 Å². The zero-order valence-corrected chi connectivity index (χ0v) is 23.4. The number of aryl methyl sites for hydroxylation is 2. The molecule has 3 saturated heterocycles. The molecule has 8 heteroatoms. The number of fused-ring (bicyclic) bond motifs is 1. The van der Waals surface area contributed by atoms with E-state index in [1.54, 1.807) is 4.90 Å². The van der Waals surface area contributed by atoms with Crippen LogP contribution in [0.25, 0.3) is 0 Å². The monoisotopic (exact) mass is 535 g/mol. The molecule has 4 fully saturated rings. The number of ether oxygens (including phenoxy) is 2. The van der Waals surface area contributed by atoms with Crippen LogP contribution in [0.15, 0.2) is 30.4 Å². The fraction of sp³-hybridized carbons (Fsp3) is 0.645. The molecule has 5 aliphatic rings. The van der Waals surface area contributed by atoms with Crippen LogP contribution in [-0.4, -0.2) is 65.7 Å². The lowest BCUT2D eigenvalue weighted by atomic mass is 9.73. The molecule has 1 aromatic carbocycles. The van der Waals surface area contributed by atoms with Crippen LogP contribution >= 0.6 is 0 Å². The summed E-state index contributed by atoms with van der Waals surface area (Å²) in [5, 5.41) is 6.35. The van der Waals surface area contributed by atoms with Crippen LogP contribution in [0, 0.1) is 37.5 Å². The topological polar surface area (TPSA) is 97.0 Å². The third-order valence-electron chi connectivity index (χ3n) is 9.87. The highest BCUT2D eigenvalue weighted by atomic mass is 16.5. The first kappa shape index (κ1) is 26.5. The molecule has 0 radical (unpaired) electrons. The average molecular weight is 536 g/mol. The van der Waals surface area contributed by atoms with Crippen LogP contribution in [0.4, 0.5) is 5.69 Å². The van der Waals surface area contributed by atoms with Gasteiger partial charge in [0.15, 0.2) is 0 Å². The molecular formula is C31H41N3O5. The highest BCUT2D eigenvalue weighted by Gasteiger charge is 2.73. The Morgan fingerprint density at radius 2 is 1.82 bits per heavy atom. The maximum absolute atomic E-state index is 14.2. The molecule has 9 atom stereocenters. The van der Waals surface area contributed by atoms with E-state index in [0.717, 1.165) is 43.2 Å². The van der Waals surface area contributed by atoms with E-state index in [4.69, 9.17) is 9.47 Å². The van der Waals surface area contributed by atoms with E-state index in [1.165, 1.54) is 0 Å². The number of nitrogens with zero attached hydrogens (tertiary/aromatic N) is 1. The molecule has 8 nitrogen and oxygen atoms in total. The summed E-state index contributed by atoms with van der Waals surface area (Å²) in [6.45, 7) is 9.41. The summed E-state index contributed by atoms with van der Waals surface area (Å²) >= 11 is 0. The number of rotatable bonds is 6. The van der Waals surface area contributed by atoms with Gasteiger partial charge in [0, 0.05) is 24.9 Å². The van der Waals surface area contributed by atoms with E-state index in [9.17, 15) is 14.4 Å². The quantitative estimate of drug-likeness (QED) is 0.544. The molecule has 3 amide bonds. The van der Waals surface area contributed by atoms with Crippen LogP contribution in [-0.2, 0) is 23.9 Å². The molecule has 1 aromatic rings. The number of hydrogen-bond donors (Lipinski definition) is 2. The SMILES string of the molecule is Cc1cc(C)cc(NC(=O)[C@H]2[C@H]3C=C[C@@]4(O3)[C@H]2C(=O)N(C[C@@H]2CCCO2)[C@@H]4C(=O)N[C@@H]2CCC[C@@H](C)[C@H]2C)c1. The van der Waals surface area contributed by atoms with Crippen molar-refractivity contribution in [2.75, 3.05) is 18.5 Å². The van der Waals surface area contributed by atoms with Crippen molar-refractivity contribution >= 4 is 23.4 Å². The van der Waals surface area contributed by atoms with Gasteiger partial charge in [-0.05, 0) is 68.2 Å². The van der Waals surface area contributed by atoms with Crippen LogP contribution in [0.2, 0.25) is 0 Å². The molecular weight excluding hydrogens is 494 g/mol. The molecule has 1 aliphatic carbocycles. The molecule has 2 N–H and O–H groups in total.